The Balaban J connectivity index is 1.21. The van der Waals surface area contributed by atoms with Crippen LogP contribution in [0.2, 0.25) is 10.0 Å². The number of carbonyl (C=O) groups excluding carboxylic acids is 1. The van der Waals surface area contributed by atoms with Crippen LogP contribution in [0.5, 0.6) is 0 Å². The molecule has 0 radical (unpaired) electrons. The molecule has 0 aliphatic heterocycles. The minimum atomic E-state index is -0.155. The lowest BCUT2D eigenvalue weighted by Gasteiger charge is -2.55. The molecule has 1 heterocycles. The van der Waals surface area contributed by atoms with Gasteiger partial charge in [-0.3, -0.25) is 4.79 Å². The van der Waals surface area contributed by atoms with Gasteiger partial charge in [-0.15, -0.1) is 10.2 Å². The lowest BCUT2D eigenvalue weighted by Crippen LogP contribution is -2.48. The number of thioether (sulfide) groups is 1. The van der Waals surface area contributed by atoms with Gasteiger partial charge in [0.1, 0.15) is 0 Å². The van der Waals surface area contributed by atoms with E-state index >= 15 is 0 Å². The van der Waals surface area contributed by atoms with Crippen molar-refractivity contribution < 1.29 is 9.21 Å². The molecule has 4 fully saturated rings. The van der Waals surface area contributed by atoms with E-state index in [1.165, 1.54) is 50.3 Å². The van der Waals surface area contributed by atoms with Gasteiger partial charge >= 0.3 is 0 Å². The molecule has 8 heteroatoms. The molecule has 1 aromatic heterocycles. The second-order valence-corrected chi connectivity index (χ2v) is 10.3. The normalized spacial score (nSPS) is 30.6. The Hall–Kier alpha value is -1.24. The lowest BCUT2D eigenvalue weighted by molar-refractivity contribution is -0.113. The van der Waals surface area contributed by atoms with Crippen LogP contribution in [0.3, 0.4) is 0 Å². The maximum atomic E-state index is 12.2. The molecule has 148 valence electrons. The summed E-state index contributed by atoms with van der Waals surface area (Å²) in [4.78, 5) is 12.2. The van der Waals surface area contributed by atoms with Crippen LogP contribution in [-0.4, -0.2) is 21.9 Å². The Morgan fingerprint density at radius 2 is 1.79 bits per heavy atom. The van der Waals surface area contributed by atoms with Gasteiger partial charge in [0.05, 0.1) is 15.8 Å². The maximum Gasteiger partial charge on any atom is 0.277 e. The summed E-state index contributed by atoms with van der Waals surface area (Å²) < 4.78 is 6.03. The summed E-state index contributed by atoms with van der Waals surface area (Å²) in [7, 11) is 0. The van der Waals surface area contributed by atoms with E-state index in [1.807, 2.05) is 0 Å². The number of nitrogens with one attached hydrogen (secondary N) is 1. The van der Waals surface area contributed by atoms with Gasteiger partial charge in [-0.2, -0.15) is 0 Å². The smallest absolute Gasteiger partial charge is 0.277 e. The highest BCUT2D eigenvalue weighted by Crippen LogP contribution is 2.60. The molecule has 1 amide bonds. The number of carbonyl (C=O) groups is 1. The molecule has 4 saturated carbocycles. The van der Waals surface area contributed by atoms with E-state index in [0.29, 0.717) is 21.0 Å². The predicted octanol–water partition coefficient (Wildman–Crippen LogP) is 5.58. The molecule has 6 rings (SSSR count). The molecule has 0 spiro atoms. The van der Waals surface area contributed by atoms with Gasteiger partial charge in [-0.1, -0.05) is 35.0 Å². The summed E-state index contributed by atoms with van der Waals surface area (Å²) >= 11 is 13.1. The second-order valence-electron chi connectivity index (χ2n) is 8.54. The van der Waals surface area contributed by atoms with Crippen LogP contribution in [-0.2, 0) is 10.2 Å². The number of nitrogens with zero attached hydrogens (tertiary/aromatic N) is 2. The molecule has 4 aliphatic carbocycles. The molecule has 0 saturated heterocycles. The fraction of sp³-hybridized carbons (Fsp3) is 0.550. The van der Waals surface area contributed by atoms with Crippen LogP contribution in [0.25, 0.3) is 0 Å². The van der Waals surface area contributed by atoms with Gasteiger partial charge in [0.2, 0.25) is 11.8 Å². The van der Waals surface area contributed by atoms with E-state index < -0.39 is 0 Å². The molecule has 28 heavy (non-hydrogen) atoms. The quantitative estimate of drug-likeness (QED) is 0.618. The number of aromatic nitrogens is 2. The average Bonchev–Trinajstić information content (AvgIpc) is 3.12. The molecule has 0 atom stereocenters. The minimum absolute atomic E-state index is 0.0862. The van der Waals surface area contributed by atoms with E-state index in [-0.39, 0.29) is 17.1 Å². The average molecular weight is 438 g/mol. The molecule has 5 nitrogen and oxygen atoms in total. The SMILES string of the molecule is O=C(CSc1nnc(C23CC4CC(CC(C4)C2)C3)o1)Nc1ccc(Cl)c(Cl)c1. The van der Waals surface area contributed by atoms with Gasteiger partial charge in [0.25, 0.3) is 5.22 Å². The summed E-state index contributed by atoms with van der Waals surface area (Å²) in [6.07, 6.45) is 7.69. The minimum Gasteiger partial charge on any atom is -0.415 e. The van der Waals surface area contributed by atoms with Crippen molar-refractivity contribution in [1.82, 2.24) is 10.2 Å². The number of rotatable bonds is 5. The van der Waals surface area contributed by atoms with Crippen LogP contribution in [0.1, 0.15) is 44.4 Å². The van der Waals surface area contributed by atoms with Crippen molar-refractivity contribution in [3.05, 3.63) is 34.1 Å². The third-order valence-electron chi connectivity index (χ3n) is 6.43. The molecule has 2 aromatic rings. The fourth-order valence-electron chi connectivity index (χ4n) is 5.75. The number of anilines is 1. The van der Waals surface area contributed by atoms with Crippen LogP contribution in [0.4, 0.5) is 5.69 Å². The number of amides is 1. The molecule has 4 aliphatic rings. The molecule has 4 bridgehead atoms. The van der Waals surface area contributed by atoms with E-state index in [1.54, 1.807) is 18.2 Å². The zero-order valence-corrected chi connectivity index (χ0v) is 17.6. The molecule has 0 unspecified atom stereocenters. The standard InChI is InChI=1S/C20H21Cl2N3O2S/c21-15-2-1-14(6-16(15)22)23-17(26)10-28-19-25-24-18(27-19)20-7-11-3-12(8-20)5-13(4-11)9-20/h1-2,6,11-13H,3-5,7-10H2,(H,23,26). The second kappa shape index (κ2) is 7.22. The zero-order chi connectivity index (χ0) is 19.3. The van der Waals surface area contributed by atoms with Gasteiger partial charge in [-0.05, 0) is 74.5 Å². The summed E-state index contributed by atoms with van der Waals surface area (Å²) in [6, 6.07) is 5.00. The van der Waals surface area contributed by atoms with E-state index in [9.17, 15) is 4.79 Å². The third-order valence-corrected chi connectivity index (χ3v) is 7.99. The van der Waals surface area contributed by atoms with Crippen LogP contribution in [0, 0.1) is 17.8 Å². The Bertz CT molecular complexity index is 881. The molecular weight excluding hydrogens is 417 g/mol. The van der Waals surface area contributed by atoms with Crippen molar-refractivity contribution in [3.8, 4) is 0 Å². The van der Waals surface area contributed by atoms with Crippen LogP contribution < -0.4 is 5.32 Å². The number of benzene rings is 1. The highest BCUT2D eigenvalue weighted by molar-refractivity contribution is 7.99. The molecule has 1 aromatic carbocycles. The molecular formula is C20H21Cl2N3O2S. The third kappa shape index (κ3) is 3.55. The number of halogens is 2. The topological polar surface area (TPSA) is 68.0 Å². The fourth-order valence-corrected chi connectivity index (χ4v) is 6.61. The van der Waals surface area contributed by atoms with Crippen molar-refractivity contribution in [2.45, 2.75) is 49.2 Å². The van der Waals surface area contributed by atoms with Crippen LogP contribution in [0.15, 0.2) is 27.8 Å². The summed E-state index contributed by atoms with van der Waals surface area (Å²) in [5.74, 6) is 3.31. The largest absolute Gasteiger partial charge is 0.415 e. The van der Waals surface area contributed by atoms with Crippen LogP contribution >= 0.6 is 35.0 Å². The Morgan fingerprint density at radius 1 is 1.11 bits per heavy atom. The first-order valence-electron chi connectivity index (χ1n) is 9.71. The van der Waals surface area contributed by atoms with E-state index in [2.05, 4.69) is 15.5 Å². The first-order valence-corrected chi connectivity index (χ1v) is 11.4. The highest BCUT2D eigenvalue weighted by atomic mass is 35.5. The summed E-state index contributed by atoms with van der Waals surface area (Å²) in [5, 5.41) is 12.7. The summed E-state index contributed by atoms with van der Waals surface area (Å²) in [5.41, 5.74) is 0.697. The van der Waals surface area contributed by atoms with Crippen molar-refractivity contribution in [1.29, 1.82) is 0 Å². The maximum absolute atomic E-state index is 12.2. The Kier molecular flexibility index (Phi) is 4.84. The first kappa shape index (κ1) is 18.8. The van der Waals surface area contributed by atoms with E-state index in [0.717, 1.165) is 23.6 Å². The van der Waals surface area contributed by atoms with E-state index in [4.69, 9.17) is 27.6 Å². The van der Waals surface area contributed by atoms with Crippen molar-refractivity contribution >= 4 is 46.6 Å². The van der Waals surface area contributed by atoms with Crippen molar-refractivity contribution in [2.24, 2.45) is 17.8 Å². The van der Waals surface area contributed by atoms with Crippen molar-refractivity contribution in [2.75, 3.05) is 11.1 Å². The number of hydrogen-bond donors (Lipinski definition) is 1. The predicted molar refractivity (Wildman–Crippen MR) is 110 cm³/mol. The Labute approximate surface area is 177 Å². The summed E-state index contributed by atoms with van der Waals surface area (Å²) in [6.45, 7) is 0. The molecule has 1 N–H and O–H groups in total. The Morgan fingerprint density at radius 3 is 2.43 bits per heavy atom. The lowest BCUT2D eigenvalue weighted by atomic mass is 9.49. The zero-order valence-electron chi connectivity index (χ0n) is 15.3. The number of hydrogen-bond acceptors (Lipinski definition) is 5. The van der Waals surface area contributed by atoms with Crippen molar-refractivity contribution in [3.63, 3.8) is 0 Å². The van der Waals surface area contributed by atoms with Gasteiger partial charge in [0, 0.05) is 11.1 Å². The van der Waals surface area contributed by atoms with Gasteiger partial charge in [0.15, 0.2) is 0 Å². The van der Waals surface area contributed by atoms with Gasteiger partial charge in [-0.25, -0.2) is 0 Å². The first-order chi connectivity index (χ1) is 13.5. The van der Waals surface area contributed by atoms with Gasteiger partial charge < -0.3 is 9.73 Å². The highest BCUT2D eigenvalue weighted by Gasteiger charge is 2.54. The monoisotopic (exact) mass is 437 g/mol.